The molecule has 0 radical (unpaired) electrons. The third kappa shape index (κ3) is 2.18. The Labute approximate surface area is 124 Å². The molecule has 20 heavy (non-hydrogen) atoms. The molecule has 0 aliphatic carbocycles. The SMILES string of the molecule is Cc1ccc(C(C)n2c(=S)[nH]c3cc(C)ccc32)cc1. The second kappa shape index (κ2) is 4.91. The van der Waals surface area contributed by atoms with Gasteiger partial charge in [-0.15, -0.1) is 0 Å². The number of imidazole rings is 1. The number of nitrogens with zero attached hydrogens (tertiary/aromatic N) is 1. The van der Waals surface area contributed by atoms with Crippen molar-refractivity contribution in [3.8, 4) is 0 Å². The molecule has 0 bridgehead atoms. The molecule has 0 aliphatic heterocycles. The maximum atomic E-state index is 5.51. The average molecular weight is 282 g/mol. The van der Waals surface area contributed by atoms with E-state index in [2.05, 4.69) is 72.8 Å². The highest BCUT2D eigenvalue weighted by Crippen LogP contribution is 2.25. The summed E-state index contributed by atoms with van der Waals surface area (Å²) < 4.78 is 2.97. The van der Waals surface area contributed by atoms with Crippen molar-refractivity contribution in [2.45, 2.75) is 26.8 Å². The molecule has 1 N–H and O–H groups in total. The van der Waals surface area contributed by atoms with Crippen LogP contribution in [0.3, 0.4) is 0 Å². The number of aryl methyl sites for hydroxylation is 2. The van der Waals surface area contributed by atoms with Gasteiger partial charge >= 0.3 is 0 Å². The minimum Gasteiger partial charge on any atom is -0.331 e. The Hall–Kier alpha value is -1.87. The van der Waals surface area contributed by atoms with E-state index in [4.69, 9.17) is 12.2 Å². The summed E-state index contributed by atoms with van der Waals surface area (Å²) in [5, 5.41) is 0. The summed E-state index contributed by atoms with van der Waals surface area (Å²) in [4.78, 5) is 3.31. The Kier molecular flexibility index (Phi) is 3.22. The first-order chi connectivity index (χ1) is 9.56. The largest absolute Gasteiger partial charge is 0.331 e. The smallest absolute Gasteiger partial charge is 0.178 e. The van der Waals surface area contributed by atoms with Crippen molar-refractivity contribution in [1.82, 2.24) is 9.55 Å². The first-order valence-corrected chi connectivity index (χ1v) is 7.24. The lowest BCUT2D eigenvalue weighted by Gasteiger charge is -2.15. The molecular formula is C17H18N2S. The summed E-state index contributed by atoms with van der Waals surface area (Å²) in [7, 11) is 0. The number of nitrogens with one attached hydrogen (secondary N) is 1. The van der Waals surface area contributed by atoms with E-state index >= 15 is 0 Å². The van der Waals surface area contributed by atoms with Gasteiger partial charge in [0.15, 0.2) is 4.77 Å². The highest BCUT2D eigenvalue weighted by Gasteiger charge is 2.12. The zero-order valence-electron chi connectivity index (χ0n) is 12.0. The van der Waals surface area contributed by atoms with E-state index in [0.717, 1.165) is 15.8 Å². The van der Waals surface area contributed by atoms with Gasteiger partial charge in [-0.1, -0.05) is 35.9 Å². The van der Waals surface area contributed by atoms with Crippen LogP contribution < -0.4 is 0 Å². The third-order valence-corrected chi connectivity index (χ3v) is 4.12. The van der Waals surface area contributed by atoms with Crippen LogP contribution in [0.4, 0.5) is 0 Å². The van der Waals surface area contributed by atoms with Crippen LogP contribution in [0.1, 0.15) is 29.7 Å². The van der Waals surface area contributed by atoms with Crippen LogP contribution in [0.2, 0.25) is 0 Å². The van der Waals surface area contributed by atoms with Gasteiger partial charge in [0, 0.05) is 0 Å². The van der Waals surface area contributed by atoms with Gasteiger partial charge in [-0.2, -0.15) is 0 Å². The van der Waals surface area contributed by atoms with Gasteiger partial charge in [0.2, 0.25) is 0 Å². The molecule has 2 nitrogen and oxygen atoms in total. The van der Waals surface area contributed by atoms with Gasteiger partial charge in [0.1, 0.15) is 0 Å². The van der Waals surface area contributed by atoms with Gasteiger partial charge < -0.3 is 9.55 Å². The lowest BCUT2D eigenvalue weighted by molar-refractivity contribution is 0.649. The number of H-pyrrole nitrogens is 1. The topological polar surface area (TPSA) is 20.7 Å². The predicted octanol–water partition coefficient (Wildman–Crippen LogP) is 4.93. The van der Waals surface area contributed by atoms with Crippen LogP contribution in [0.5, 0.6) is 0 Å². The first-order valence-electron chi connectivity index (χ1n) is 6.83. The van der Waals surface area contributed by atoms with Crippen LogP contribution in [0.15, 0.2) is 42.5 Å². The molecule has 102 valence electrons. The van der Waals surface area contributed by atoms with Crippen molar-refractivity contribution >= 4 is 23.3 Å². The van der Waals surface area contributed by atoms with Gasteiger partial charge in [-0.05, 0) is 56.2 Å². The fraction of sp³-hybridized carbons (Fsp3) is 0.235. The Morgan fingerprint density at radius 2 is 1.65 bits per heavy atom. The number of hydrogen-bond acceptors (Lipinski definition) is 1. The molecule has 1 heterocycles. The summed E-state index contributed by atoms with van der Waals surface area (Å²) in [5.74, 6) is 0. The van der Waals surface area contributed by atoms with E-state index in [9.17, 15) is 0 Å². The summed E-state index contributed by atoms with van der Waals surface area (Å²) in [6, 6.07) is 15.3. The molecule has 0 spiro atoms. The van der Waals surface area contributed by atoms with E-state index in [1.807, 2.05) is 0 Å². The summed E-state index contributed by atoms with van der Waals surface area (Å²) in [6.07, 6.45) is 0. The molecule has 1 unspecified atom stereocenters. The molecule has 2 aromatic carbocycles. The normalized spacial score (nSPS) is 12.8. The van der Waals surface area contributed by atoms with Crippen molar-refractivity contribution in [3.63, 3.8) is 0 Å². The van der Waals surface area contributed by atoms with E-state index in [1.54, 1.807) is 0 Å². The highest BCUT2D eigenvalue weighted by molar-refractivity contribution is 7.71. The van der Waals surface area contributed by atoms with Crippen molar-refractivity contribution in [2.24, 2.45) is 0 Å². The second-order valence-corrected chi connectivity index (χ2v) is 5.79. The van der Waals surface area contributed by atoms with E-state index in [-0.39, 0.29) is 6.04 Å². The minimum absolute atomic E-state index is 0.222. The van der Waals surface area contributed by atoms with Crippen LogP contribution in [-0.4, -0.2) is 9.55 Å². The molecule has 1 atom stereocenters. The number of fused-ring (bicyclic) bond motifs is 1. The van der Waals surface area contributed by atoms with Crippen molar-refractivity contribution in [2.75, 3.05) is 0 Å². The van der Waals surface area contributed by atoms with Crippen LogP contribution >= 0.6 is 12.2 Å². The molecule has 3 heteroatoms. The number of hydrogen-bond donors (Lipinski definition) is 1. The van der Waals surface area contributed by atoms with E-state index in [1.165, 1.54) is 16.7 Å². The van der Waals surface area contributed by atoms with E-state index in [0.29, 0.717) is 0 Å². The number of aromatic amines is 1. The number of aromatic nitrogens is 2. The monoisotopic (exact) mass is 282 g/mol. The Morgan fingerprint density at radius 1 is 1.00 bits per heavy atom. The Morgan fingerprint density at radius 3 is 2.35 bits per heavy atom. The van der Waals surface area contributed by atoms with Gasteiger partial charge in [-0.25, -0.2) is 0 Å². The van der Waals surface area contributed by atoms with Crippen molar-refractivity contribution < 1.29 is 0 Å². The first kappa shape index (κ1) is 13.1. The lowest BCUT2D eigenvalue weighted by atomic mass is 10.1. The van der Waals surface area contributed by atoms with Crippen molar-refractivity contribution in [3.05, 3.63) is 63.9 Å². The Bertz CT molecular complexity index is 809. The molecule has 1 aromatic heterocycles. The van der Waals surface area contributed by atoms with Crippen molar-refractivity contribution in [1.29, 1.82) is 0 Å². The van der Waals surface area contributed by atoms with Gasteiger partial charge in [0.05, 0.1) is 17.1 Å². The number of benzene rings is 2. The Balaban J connectivity index is 2.16. The fourth-order valence-corrected chi connectivity index (χ4v) is 2.99. The summed E-state index contributed by atoms with van der Waals surface area (Å²) >= 11 is 5.51. The summed E-state index contributed by atoms with van der Waals surface area (Å²) in [5.41, 5.74) is 6.05. The van der Waals surface area contributed by atoms with Gasteiger partial charge in [-0.3, -0.25) is 0 Å². The highest BCUT2D eigenvalue weighted by atomic mass is 32.1. The standard InChI is InChI=1S/C17H18N2S/c1-11-4-7-14(8-5-11)13(3)19-16-9-6-12(2)10-15(16)18-17(19)20/h4-10,13H,1-3H3,(H,18,20). The molecule has 0 saturated heterocycles. The summed E-state index contributed by atoms with van der Waals surface area (Å²) in [6.45, 7) is 6.39. The van der Waals surface area contributed by atoms with Crippen LogP contribution in [0, 0.1) is 18.6 Å². The predicted molar refractivity (Wildman–Crippen MR) is 86.9 cm³/mol. The lowest BCUT2D eigenvalue weighted by Crippen LogP contribution is -2.06. The minimum atomic E-state index is 0.222. The van der Waals surface area contributed by atoms with E-state index < -0.39 is 0 Å². The molecule has 0 fully saturated rings. The fourth-order valence-electron chi connectivity index (χ4n) is 2.62. The zero-order chi connectivity index (χ0) is 14.3. The molecule has 0 amide bonds. The number of rotatable bonds is 2. The molecule has 0 saturated carbocycles. The second-order valence-electron chi connectivity index (χ2n) is 5.41. The molecule has 0 aliphatic rings. The molecular weight excluding hydrogens is 264 g/mol. The third-order valence-electron chi connectivity index (χ3n) is 3.82. The van der Waals surface area contributed by atoms with Crippen LogP contribution in [-0.2, 0) is 0 Å². The van der Waals surface area contributed by atoms with Crippen LogP contribution in [0.25, 0.3) is 11.0 Å². The molecule has 3 rings (SSSR count). The molecule has 3 aromatic rings. The van der Waals surface area contributed by atoms with Gasteiger partial charge in [0.25, 0.3) is 0 Å². The quantitative estimate of drug-likeness (QED) is 0.661. The maximum Gasteiger partial charge on any atom is 0.178 e. The zero-order valence-corrected chi connectivity index (χ0v) is 12.8. The maximum absolute atomic E-state index is 5.51. The average Bonchev–Trinajstić information content (AvgIpc) is 2.73.